The van der Waals surface area contributed by atoms with Gasteiger partial charge in [0, 0.05) is 18.7 Å². The summed E-state index contributed by atoms with van der Waals surface area (Å²) in [6.45, 7) is 4.42. The molecule has 0 unspecified atom stereocenters. The van der Waals surface area contributed by atoms with Gasteiger partial charge in [0.2, 0.25) is 0 Å². The first-order chi connectivity index (χ1) is 8.23. The molecule has 0 heterocycles. The first-order valence-electron chi connectivity index (χ1n) is 6.56. The number of methoxy groups -OCH3 is 1. The Balaban J connectivity index is 1.85. The van der Waals surface area contributed by atoms with E-state index < -0.39 is 0 Å². The van der Waals surface area contributed by atoms with Crippen molar-refractivity contribution in [2.75, 3.05) is 13.7 Å². The molecule has 0 atom stereocenters. The fourth-order valence-electron chi connectivity index (χ4n) is 2.75. The summed E-state index contributed by atoms with van der Waals surface area (Å²) in [4.78, 5) is 0. The van der Waals surface area contributed by atoms with Gasteiger partial charge in [0.15, 0.2) is 0 Å². The maximum atomic E-state index is 5.35. The highest BCUT2D eigenvalue weighted by molar-refractivity contribution is 5.32. The molecule has 0 aliphatic heterocycles. The Morgan fingerprint density at radius 2 is 1.94 bits per heavy atom. The molecule has 0 amide bonds. The minimum Gasteiger partial charge on any atom is -0.496 e. The molecule has 0 saturated heterocycles. The molecule has 1 fully saturated rings. The second-order valence-electron chi connectivity index (χ2n) is 5.43. The summed E-state index contributed by atoms with van der Waals surface area (Å²) in [6.07, 6.45) is 5.53. The minimum absolute atomic E-state index is 0.516. The molecule has 0 radical (unpaired) electrons. The third kappa shape index (κ3) is 3.22. The van der Waals surface area contributed by atoms with Gasteiger partial charge >= 0.3 is 0 Å². The summed E-state index contributed by atoms with van der Waals surface area (Å²) >= 11 is 0. The molecule has 0 aromatic heterocycles. The summed E-state index contributed by atoms with van der Waals surface area (Å²) < 4.78 is 5.35. The maximum Gasteiger partial charge on any atom is 0.123 e. The van der Waals surface area contributed by atoms with Gasteiger partial charge in [-0.05, 0) is 24.3 Å². The lowest BCUT2D eigenvalue weighted by atomic mass is 9.89. The number of benzene rings is 1. The number of hydrogen-bond acceptors (Lipinski definition) is 2. The Morgan fingerprint density at radius 3 is 2.65 bits per heavy atom. The van der Waals surface area contributed by atoms with Crippen molar-refractivity contribution < 1.29 is 4.74 Å². The number of rotatable bonds is 5. The summed E-state index contributed by atoms with van der Waals surface area (Å²) in [5.74, 6) is 0.983. The molecule has 0 bridgehead atoms. The third-order valence-corrected chi connectivity index (χ3v) is 3.87. The first-order valence-corrected chi connectivity index (χ1v) is 6.56. The standard InChI is InChI=1S/C15H23NO/c1-15(9-5-6-10-15)12-16-11-13-7-3-4-8-14(13)17-2/h3-4,7-8,16H,5-6,9-12H2,1-2H3. The van der Waals surface area contributed by atoms with E-state index in [0.717, 1.165) is 18.8 Å². The van der Waals surface area contributed by atoms with E-state index in [4.69, 9.17) is 4.74 Å². The van der Waals surface area contributed by atoms with Gasteiger partial charge in [-0.15, -0.1) is 0 Å². The Labute approximate surface area is 104 Å². The van der Waals surface area contributed by atoms with Crippen LogP contribution in [-0.4, -0.2) is 13.7 Å². The number of ether oxygens (including phenoxy) is 1. The average molecular weight is 233 g/mol. The van der Waals surface area contributed by atoms with Crippen molar-refractivity contribution in [3.8, 4) is 5.75 Å². The van der Waals surface area contributed by atoms with Crippen molar-refractivity contribution >= 4 is 0 Å². The second kappa shape index (κ2) is 5.54. The van der Waals surface area contributed by atoms with Gasteiger partial charge in [0.25, 0.3) is 0 Å². The van der Waals surface area contributed by atoms with E-state index in [1.165, 1.54) is 31.2 Å². The zero-order valence-corrected chi connectivity index (χ0v) is 11.0. The highest BCUT2D eigenvalue weighted by Gasteiger charge is 2.27. The smallest absolute Gasteiger partial charge is 0.123 e. The van der Waals surface area contributed by atoms with E-state index in [0.29, 0.717) is 5.41 Å². The van der Waals surface area contributed by atoms with E-state index >= 15 is 0 Å². The molecule has 2 heteroatoms. The van der Waals surface area contributed by atoms with E-state index in [9.17, 15) is 0 Å². The molecule has 1 aliphatic rings. The van der Waals surface area contributed by atoms with Crippen LogP contribution in [0, 0.1) is 5.41 Å². The Morgan fingerprint density at radius 1 is 1.24 bits per heavy atom. The zero-order valence-electron chi connectivity index (χ0n) is 11.0. The van der Waals surface area contributed by atoms with Crippen LogP contribution in [0.15, 0.2) is 24.3 Å². The predicted molar refractivity (Wildman–Crippen MR) is 71.3 cm³/mol. The van der Waals surface area contributed by atoms with Crippen molar-refractivity contribution in [2.24, 2.45) is 5.41 Å². The maximum absolute atomic E-state index is 5.35. The monoisotopic (exact) mass is 233 g/mol. The molecule has 2 rings (SSSR count). The summed E-state index contributed by atoms with van der Waals surface area (Å²) in [7, 11) is 1.73. The lowest BCUT2D eigenvalue weighted by Crippen LogP contribution is -2.29. The molecule has 1 aromatic rings. The normalized spacial score (nSPS) is 18.2. The van der Waals surface area contributed by atoms with E-state index in [1.807, 2.05) is 12.1 Å². The Bertz CT molecular complexity index is 356. The van der Waals surface area contributed by atoms with Crippen molar-refractivity contribution in [1.82, 2.24) is 5.32 Å². The first kappa shape index (κ1) is 12.4. The molecule has 17 heavy (non-hydrogen) atoms. The van der Waals surface area contributed by atoms with Gasteiger partial charge in [0.05, 0.1) is 7.11 Å². The van der Waals surface area contributed by atoms with Crippen LogP contribution in [0.3, 0.4) is 0 Å². The van der Waals surface area contributed by atoms with Gasteiger partial charge in [-0.3, -0.25) is 0 Å². The summed E-state index contributed by atoms with van der Waals surface area (Å²) in [6, 6.07) is 8.23. The van der Waals surface area contributed by atoms with Crippen LogP contribution in [0.4, 0.5) is 0 Å². The van der Waals surface area contributed by atoms with Crippen LogP contribution >= 0.6 is 0 Å². The van der Waals surface area contributed by atoms with Gasteiger partial charge in [-0.25, -0.2) is 0 Å². The van der Waals surface area contributed by atoms with Crippen LogP contribution in [0.2, 0.25) is 0 Å². The van der Waals surface area contributed by atoms with Crippen molar-refractivity contribution in [1.29, 1.82) is 0 Å². The SMILES string of the molecule is COc1ccccc1CNCC1(C)CCCC1. The highest BCUT2D eigenvalue weighted by Crippen LogP contribution is 2.36. The predicted octanol–water partition coefficient (Wildman–Crippen LogP) is 3.37. The van der Waals surface area contributed by atoms with Crippen LogP contribution in [0.1, 0.15) is 38.2 Å². The fourth-order valence-corrected chi connectivity index (χ4v) is 2.75. The molecular formula is C15H23NO. The number of hydrogen-bond donors (Lipinski definition) is 1. The fraction of sp³-hybridized carbons (Fsp3) is 0.600. The molecule has 1 aliphatic carbocycles. The van der Waals surface area contributed by atoms with Crippen molar-refractivity contribution in [3.63, 3.8) is 0 Å². The number of para-hydroxylation sites is 1. The highest BCUT2D eigenvalue weighted by atomic mass is 16.5. The number of nitrogens with one attached hydrogen (secondary N) is 1. The largest absolute Gasteiger partial charge is 0.496 e. The van der Waals surface area contributed by atoms with Crippen LogP contribution in [-0.2, 0) is 6.54 Å². The Kier molecular flexibility index (Phi) is 4.06. The van der Waals surface area contributed by atoms with Crippen LogP contribution in [0.25, 0.3) is 0 Å². The Hall–Kier alpha value is -1.02. The topological polar surface area (TPSA) is 21.3 Å². The van der Waals surface area contributed by atoms with Gasteiger partial charge in [-0.2, -0.15) is 0 Å². The van der Waals surface area contributed by atoms with E-state index in [2.05, 4.69) is 24.4 Å². The average Bonchev–Trinajstić information content (AvgIpc) is 2.77. The van der Waals surface area contributed by atoms with E-state index in [-0.39, 0.29) is 0 Å². The summed E-state index contributed by atoms with van der Waals surface area (Å²) in [5, 5.41) is 3.58. The molecule has 1 aromatic carbocycles. The lowest BCUT2D eigenvalue weighted by Gasteiger charge is -2.24. The molecule has 2 nitrogen and oxygen atoms in total. The third-order valence-electron chi connectivity index (χ3n) is 3.87. The zero-order chi connectivity index (χ0) is 12.1. The molecule has 94 valence electrons. The minimum atomic E-state index is 0.516. The quantitative estimate of drug-likeness (QED) is 0.842. The lowest BCUT2D eigenvalue weighted by molar-refractivity contribution is 0.313. The van der Waals surface area contributed by atoms with Crippen molar-refractivity contribution in [3.05, 3.63) is 29.8 Å². The molecular weight excluding hydrogens is 210 g/mol. The van der Waals surface area contributed by atoms with Crippen molar-refractivity contribution in [2.45, 2.75) is 39.2 Å². The molecule has 1 saturated carbocycles. The van der Waals surface area contributed by atoms with Gasteiger partial charge in [0.1, 0.15) is 5.75 Å². The van der Waals surface area contributed by atoms with E-state index in [1.54, 1.807) is 7.11 Å². The van der Waals surface area contributed by atoms with Crippen LogP contribution in [0.5, 0.6) is 5.75 Å². The molecule has 1 N–H and O–H groups in total. The van der Waals surface area contributed by atoms with Gasteiger partial charge < -0.3 is 10.1 Å². The second-order valence-corrected chi connectivity index (χ2v) is 5.43. The van der Waals surface area contributed by atoms with Crippen LogP contribution < -0.4 is 10.1 Å². The summed E-state index contributed by atoms with van der Waals surface area (Å²) in [5.41, 5.74) is 1.76. The molecule has 0 spiro atoms. The van der Waals surface area contributed by atoms with Gasteiger partial charge in [-0.1, -0.05) is 38.0 Å².